The van der Waals surface area contributed by atoms with Crippen molar-refractivity contribution in [2.45, 2.75) is 6.92 Å². The predicted molar refractivity (Wildman–Crippen MR) is 71.3 cm³/mol. The molecule has 18 heavy (non-hydrogen) atoms. The number of aryl methyl sites for hydroxylation is 1. The molecule has 0 spiro atoms. The average Bonchev–Trinajstić information content (AvgIpc) is 2.27. The largest absolute Gasteiger partial charge is 0.480 e. The molecule has 0 saturated carbocycles. The van der Waals surface area contributed by atoms with Crippen LogP contribution in [0.15, 0.2) is 22.7 Å². The maximum atomic E-state index is 12.2. The minimum Gasteiger partial charge on any atom is -0.480 e. The second kappa shape index (κ2) is 6.22. The van der Waals surface area contributed by atoms with E-state index in [4.69, 9.17) is 11.5 Å². The fraction of sp³-hybridized carbons (Fsp3) is 0.231. The van der Waals surface area contributed by atoms with Crippen molar-refractivity contribution in [3.63, 3.8) is 0 Å². The molecule has 0 aliphatic carbocycles. The fourth-order valence-corrected chi connectivity index (χ4v) is 1.99. The van der Waals surface area contributed by atoms with Crippen LogP contribution in [-0.2, 0) is 4.79 Å². The first kappa shape index (κ1) is 14.3. The van der Waals surface area contributed by atoms with Crippen molar-refractivity contribution in [2.75, 3.05) is 13.1 Å². The van der Waals surface area contributed by atoms with Crippen LogP contribution in [0.25, 0.3) is 0 Å². The molecule has 0 radical (unpaired) electrons. The number of carbonyl (C=O) groups excluding carboxylic acids is 1. The molecule has 4 nitrogen and oxygen atoms in total. The highest BCUT2D eigenvalue weighted by Gasteiger charge is 2.19. The number of carboxylic acids is 1. The van der Waals surface area contributed by atoms with E-state index in [2.05, 4.69) is 21.9 Å². The molecule has 1 aromatic carbocycles. The summed E-state index contributed by atoms with van der Waals surface area (Å²) in [6.07, 6.45) is 5.14. The number of amides is 1. The molecule has 1 aromatic rings. The number of halogens is 1. The lowest BCUT2D eigenvalue weighted by Crippen LogP contribution is -2.36. The van der Waals surface area contributed by atoms with E-state index in [1.807, 2.05) is 0 Å². The number of carbonyl (C=O) groups is 2. The molecule has 0 bridgehead atoms. The van der Waals surface area contributed by atoms with Gasteiger partial charge in [0.25, 0.3) is 5.91 Å². The molecular formula is C13H12BrNO3. The molecule has 0 saturated heterocycles. The van der Waals surface area contributed by atoms with E-state index in [0.29, 0.717) is 5.56 Å². The minimum atomic E-state index is -1.09. The summed E-state index contributed by atoms with van der Waals surface area (Å²) in [6, 6.07) is 5.17. The third kappa shape index (κ3) is 3.60. The quantitative estimate of drug-likeness (QED) is 0.865. The summed E-state index contributed by atoms with van der Waals surface area (Å²) in [5.74, 6) is 0.823. The molecule has 94 valence electrons. The summed E-state index contributed by atoms with van der Waals surface area (Å²) in [5, 5.41) is 8.75. The van der Waals surface area contributed by atoms with Gasteiger partial charge < -0.3 is 10.0 Å². The zero-order valence-electron chi connectivity index (χ0n) is 9.81. The fourth-order valence-electron chi connectivity index (χ4n) is 1.51. The van der Waals surface area contributed by atoms with Crippen LogP contribution in [0.1, 0.15) is 15.9 Å². The summed E-state index contributed by atoms with van der Waals surface area (Å²) in [5.41, 5.74) is 1.22. The first-order valence-electron chi connectivity index (χ1n) is 5.16. The number of rotatable bonds is 4. The molecule has 0 fully saturated rings. The van der Waals surface area contributed by atoms with Crippen LogP contribution in [-0.4, -0.2) is 35.0 Å². The molecule has 5 heteroatoms. The Kier molecular flexibility index (Phi) is 4.93. The molecular weight excluding hydrogens is 298 g/mol. The van der Waals surface area contributed by atoms with E-state index in [0.717, 1.165) is 14.9 Å². The highest BCUT2D eigenvalue weighted by atomic mass is 79.9. The van der Waals surface area contributed by atoms with Gasteiger partial charge in [-0.2, -0.15) is 0 Å². The van der Waals surface area contributed by atoms with Crippen LogP contribution >= 0.6 is 15.9 Å². The first-order chi connectivity index (χ1) is 8.45. The van der Waals surface area contributed by atoms with Gasteiger partial charge in [-0.3, -0.25) is 9.59 Å². The van der Waals surface area contributed by atoms with Gasteiger partial charge in [0.1, 0.15) is 6.54 Å². The third-order valence-corrected chi connectivity index (χ3v) is 2.81. The molecule has 0 unspecified atom stereocenters. The Morgan fingerprint density at radius 2 is 2.17 bits per heavy atom. The smallest absolute Gasteiger partial charge is 0.323 e. The summed E-state index contributed by atoms with van der Waals surface area (Å²) in [7, 11) is 0. The summed E-state index contributed by atoms with van der Waals surface area (Å²) >= 11 is 3.30. The van der Waals surface area contributed by atoms with Crippen molar-refractivity contribution in [3.8, 4) is 12.3 Å². The number of nitrogens with zero attached hydrogens (tertiary/aromatic N) is 1. The standard InChI is InChI=1S/C13H12BrNO3/c1-3-6-15(8-12(16)17)13(18)11-5-4-10(14)7-9(11)2/h1,4-5,7H,6,8H2,2H3,(H,16,17). The van der Waals surface area contributed by atoms with Crippen LogP contribution in [0.2, 0.25) is 0 Å². The Hall–Kier alpha value is -1.80. The van der Waals surface area contributed by atoms with E-state index < -0.39 is 12.5 Å². The van der Waals surface area contributed by atoms with Crippen LogP contribution in [0.5, 0.6) is 0 Å². The molecule has 0 atom stereocenters. The van der Waals surface area contributed by atoms with E-state index in [-0.39, 0.29) is 12.5 Å². The number of aliphatic carboxylic acids is 1. The summed E-state index contributed by atoms with van der Waals surface area (Å²) in [4.78, 5) is 24.0. The van der Waals surface area contributed by atoms with Gasteiger partial charge in [0.15, 0.2) is 0 Å². The van der Waals surface area contributed by atoms with E-state index in [1.54, 1.807) is 25.1 Å². The topological polar surface area (TPSA) is 57.6 Å². The number of benzene rings is 1. The molecule has 1 amide bonds. The van der Waals surface area contributed by atoms with Crippen LogP contribution in [0.4, 0.5) is 0 Å². The highest BCUT2D eigenvalue weighted by Crippen LogP contribution is 2.17. The second-order valence-corrected chi connectivity index (χ2v) is 4.63. The lowest BCUT2D eigenvalue weighted by molar-refractivity contribution is -0.137. The SMILES string of the molecule is C#CCN(CC(=O)O)C(=O)c1ccc(Br)cc1C. The normalized spacial score (nSPS) is 9.61. The molecule has 0 aliphatic heterocycles. The Morgan fingerprint density at radius 3 is 2.67 bits per heavy atom. The monoisotopic (exact) mass is 309 g/mol. The van der Waals surface area contributed by atoms with Gasteiger partial charge in [-0.1, -0.05) is 21.9 Å². The second-order valence-electron chi connectivity index (χ2n) is 3.72. The number of carboxylic acid groups (broad SMARTS) is 1. The molecule has 0 heterocycles. The number of terminal acetylenes is 1. The van der Waals surface area contributed by atoms with E-state index in [9.17, 15) is 9.59 Å². The Morgan fingerprint density at radius 1 is 1.50 bits per heavy atom. The van der Waals surface area contributed by atoms with Crippen LogP contribution < -0.4 is 0 Å². The lowest BCUT2D eigenvalue weighted by atomic mass is 10.1. The van der Waals surface area contributed by atoms with Gasteiger partial charge in [0.2, 0.25) is 0 Å². The van der Waals surface area contributed by atoms with Gasteiger partial charge in [0.05, 0.1) is 6.54 Å². The number of hydrogen-bond acceptors (Lipinski definition) is 2. The van der Waals surface area contributed by atoms with E-state index in [1.165, 1.54) is 0 Å². The maximum Gasteiger partial charge on any atom is 0.323 e. The predicted octanol–water partition coefficient (Wildman–Crippen LogP) is 1.92. The van der Waals surface area contributed by atoms with Crippen molar-refractivity contribution in [3.05, 3.63) is 33.8 Å². The van der Waals surface area contributed by atoms with Crippen molar-refractivity contribution in [1.29, 1.82) is 0 Å². The molecule has 0 aliphatic rings. The highest BCUT2D eigenvalue weighted by molar-refractivity contribution is 9.10. The maximum absolute atomic E-state index is 12.2. The summed E-state index contributed by atoms with van der Waals surface area (Å²) < 4.78 is 0.860. The molecule has 1 rings (SSSR count). The summed E-state index contributed by atoms with van der Waals surface area (Å²) in [6.45, 7) is 1.35. The van der Waals surface area contributed by atoms with Crippen molar-refractivity contribution in [1.82, 2.24) is 4.90 Å². The average molecular weight is 310 g/mol. The van der Waals surface area contributed by atoms with Crippen molar-refractivity contribution >= 4 is 27.8 Å². The Balaban J connectivity index is 3.02. The van der Waals surface area contributed by atoms with Gasteiger partial charge in [-0.25, -0.2) is 0 Å². The van der Waals surface area contributed by atoms with Crippen LogP contribution in [0, 0.1) is 19.3 Å². The van der Waals surface area contributed by atoms with Gasteiger partial charge in [-0.15, -0.1) is 6.42 Å². The molecule has 0 aromatic heterocycles. The van der Waals surface area contributed by atoms with Gasteiger partial charge in [-0.05, 0) is 30.7 Å². The number of hydrogen-bond donors (Lipinski definition) is 1. The zero-order valence-corrected chi connectivity index (χ0v) is 11.4. The Bertz CT molecular complexity index is 519. The third-order valence-electron chi connectivity index (χ3n) is 2.31. The van der Waals surface area contributed by atoms with Gasteiger partial charge in [0, 0.05) is 10.0 Å². The zero-order chi connectivity index (χ0) is 13.7. The minimum absolute atomic E-state index is 0.0271. The van der Waals surface area contributed by atoms with Crippen molar-refractivity contribution < 1.29 is 14.7 Å². The van der Waals surface area contributed by atoms with E-state index >= 15 is 0 Å². The Labute approximate surface area is 114 Å². The van der Waals surface area contributed by atoms with Crippen LogP contribution in [0.3, 0.4) is 0 Å². The van der Waals surface area contributed by atoms with Gasteiger partial charge >= 0.3 is 5.97 Å². The molecule has 1 N–H and O–H groups in total. The lowest BCUT2D eigenvalue weighted by Gasteiger charge is -2.19. The van der Waals surface area contributed by atoms with Crippen molar-refractivity contribution in [2.24, 2.45) is 0 Å². The first-order valence-corrected chi connectivity index (χ1v) is 5.95.